The molecule has 1 saturated carbocycles. The minimum atomic E-state index is -1.15. The first-order valence-corrected chi connectivity index (χ1v) is 17.1. The molecule has 3 rings (SSSR count). The highest BCUT2D eigenvalue weighted by Crippen LogP contribution is 2.31. The van der Waals surface area contributed by atoms with E-state index in [1.165, 1.54) is 6.08 Å². The molecule has 1 aliphatic rings. The summed E-state index contributed by atoms with van der Waals surface area (Å²) in [6.45, 7) is 8.87. The maximum Gasteiger partial charge on any atom is 0.330 e. The van der Waals surface area contributed by atoms with E-state index in [-0.39, 0.29) is 18.0 Å². The van der Waals surface area contributed by atoms with Crippen molar-refractivity contribution in [2.45, 2.75) is 95.7 Å². The third-order valence-electron chi connectivity index (χ3n) is 8.14. The molecule has 0 aromatic heterocycles. The fourth-order valence-electron chi connectivity index (χ4n) is 5.32. The molecule has 10 nitrogen and oxygen atoms in total. The van der Waals surface area contributed by atoms with Gasteiger partial charge in [-0.05, 0) is 119 Å². The smallest absolute Gasteiger partial charge is 0.330 e. The molecule has 1 fully saturated rings. The topological polar surface area (TPSA) is 130 Å². The molecule has 10 heteroatoms. The van der Waals surface area contributed by atoms with Crippen molar-refractivity contribution in [2.24, 2.45) is 5.92 Å². The van der Waals surface area contributed by atoms with Crippen molar-refractivity contribution in [2.75, 3.05) is 26.4 Å². The molecule has 48 heavy (non-hydrogen) atoms. The number of unbranched alkanes of at least 4 members (excludes halogenated alkanes) is 6. The predicted octanol–water partition coefficient (Wildman–Crippen LogP) is 6.99. The molecule has 0 spiro atoms. The van der Waals surface area contributed by atoms with Crippen LogP contribution in [0, 0.1) is 5.92 Å². The SMILES string of the molecule is C=CC(=O)OCCCCCCOc1ccc(C(O)Oc2ccc(OC(O)C3CCC(OCCCCCCOC(=O)C=C)CC3)cc2)cc1. The van der Waals surface area contributed by atoms with E-state index in [4.69, 9.17) is 28.4 Å². The highest BCUT2D eigenvalue weighted by Gasteiger charge is 2.28. The van der Waals surface area contributed by atoms with Gasteiger partial charge in [0.25, 0.3) is 0 Å². The molecular formula is C38H52O10. The number of benzene rings is 2. The number of aliphatic hydroxyl groups is 2. The molecule has 0 aliphatic heterocycles. The summed E-state index contributed by atoms with van der Waals surface area (Å²) in [7, 11) is 0. The van der Waals surface area contributed by atoms with Gasteiger partial charge >= 0.3 is 11.9 Å². The van der Waals surface area contributed by atoms with Crippen LogP contribution in [-0.2, 0) is 23.8 Å². The number of carbonyl (C=O) groups is 2. The zero-order valence-electron chi connectivity index (χ0n) is 28.0. The molecule has 1 aliphatic carbocycles. The number of rotatable bonds is 24. The molecule has 264 valence electrons. The number of carbonyl (C=O) groups excluding carboxylic acids is 2. The largest absolute Gasteiger partial charge is 0.494 e. The Labute approximate surface area is 284 Å². The second kappa shape index (κ2) is 22.7. The third kappa shape index (κ3) is 15.4. The van der Waals surface area contributed by atoms with Gasteiger partial charge in [0.15, 0.2) is 6.29 Å². The van der Waals surface area contributed by atoms with Gasteiger partial charge in [-0.25, -0.2) is 9.59 Å². The van der Waals surface area contributed by atoms with E-state index < -0.39 is 18.5 Å². The van der Waals surface area contributed by atoms with E-state index in [2.05, 4.69) is 13.2 Å². The quantitative estimate of drug-likeness (QED) is 0.0523. The normalized spacial score (nSPS) is 17.0. The molecule has 2 atom stereocenters. The monoisotopic (exact) mass is 668 g/mol. The van der Waals surface area contributed by atoms with Gasteiger partial charge in [-0.15, -0.1) is 0 Å². The standard InChI is InChI=1S/C38H52O10/c1-3-35(39)45-27-11-7-5-9-25-43-31-17-13-29(14-18-31)37(41)47-33-21-23-34(24-22-33)48-38(42)30-15-19-32(20-16-30)44-26-10-6-8-12-28-46-36(40)4-2/h3-4,13-14,17-18,21-24,30,32,37-38,41-42H,1-2,5-12,15-16,19-20,25-28H2. The van der Waals surface area contributed by atoms with Gasteiger partial charge in [0.2, 0.25) is 6.29 Å². The molecule has 0 bridgehead atoms. The molecule has 2 unspecified atom stereocenters. The van der Waals surface area contributed by atoms with Crippen LogP contribution in [0.5, 0.6) is 17.2 Å². The van der Waals surface area contributed by atoms with Gasteiger partial charge < -0.3 is 38.6 Å². The zero-order chi connectivity index (χ0) is 34.4. The highest BCUT2D eigenvalue weighted by molar-refractivity contribution is 5.81. The summed E-state index contributed by atoms with van der Waals surface area (Å²) in [5.74, 6) is 0.973. The predicted molar refractivity (Wildman–Crippen MR) is 182 cm³/mol. The van der Waals surface area contributed by atoms with Gasteiger partial charge in [0, 0.05) is 30.2 Å². The summed E-state index contributed by atoms with van der Waals surface area (Å²) in [5.41, 5.74) is 0.593. The summed E-state index contributed by atoms with van der Waals surface area (Å²) in [4.78, 5) is 22.0. The fraction of sp³-hybridized carbons (Fsp3) is 0.526. The number of aliphatic hydroxyl groups excluding tert-OH is 2. The Hall–Kier alpha value is -3.86. The van der Waals surface area contributed by atoms with E-state index in [1.54, 1.807) is 48.5 Å². The van der Waals surface area contributed by atoms with Crippen molar-refractivity contribution in [1.29, 1.82) is 0 Å². The van der Waals surface area contributed by atoms with Crippen molar-refractivity contribution in [3.8, 4) is 17.2 Å². The Bertz CT molecular complexity index is 1200. The average Bonchev–Trinajstić information content (AvgIpc) is 3.11. The molecule has 2 aromatic carbocycles. The lowest BCUT2D eigenvalue weighted by molar-refractivity contribution is -0.138. The van der Waals surface area contributed by atoms with Crippen LogP contribution in [0.3, 0.4) is 0 Å². The molecule has 0 saturated heterocycles. The van der Waals surface area contributed by atoms with Crippen LogP contribution < -0.4 is 14.2 Å². The van der Waals surface area contributed by atoms with Crippen LogP contribution >= 0.6 is 0 Å². The second-order valence-corrected chi connectivity index (χ2v) is 11.8. The summed E-state index contributed by atoms with van der Waals surface area (Å²) in [5, 5.41) is 21.3. The summed E-state index contributed by atoms with van der Waals surface area (Å²) in [6, 6.07) is 13.9. The average molecular weight is 669 g/mol. The van der Waals surface area contributed by atoms with E-state index in [9.17, 15) is 19.8 Å². The minimum Gasteiger partial charge on any atom is -0.494 e. The van der Waals surface area contributed by atoms with Crippen LogP contribution in [0.1, 0.15) is 88.9 Å². The van der Waals surface area contributed by atoms with Crippen LogP contribution in [0.2, 0.25) is 0 Å². The Morgan fingerprint density at radius 2 is 1.12 bits per heavy atom. The van der Waals surface area contributed by atoms with Gasteiger partial charge in [-0.2, -0.15) is 0 Å². The number of ether oxygens (including phenoxy) is 6. The molecule has 0 heterocycles. The van der Waals surface area contributed by atoms with E-state index in [0.717, 1.165) is 83.1 Å². The third-order valence-corrected chi connectivity index (χ3v) is 8.14. The maximum atomic E-state index is 11.0. The first-order valence-electron chi connectivity index (χ1n) is 17.1. The first-order chi connectivity index (χ1) is 23.4. The Kier molecular flexibility index (Phi) is 18.2. The van der Waals surface area contributed by atoms with Crippen molar-refractivity contribution in [3.63, 3.8) is 0 Å². The lowest BCUT2D eigenvalue weighted by atomic mass is 9.87. The molecule has 2 aromatic rings. The van der Waals surface area contributed by atoms with Gasteiger partial charge in [-0.3, -0.25) is 0 Å². The van der Waals surface area contributed by atoms with Crippen LogP contribution in [0.25, 0.3) is 0 Å². The van der Waals surface area contributed by atoms with Crippen molar-refractivity contribution >= 4 is 11.9 Å². The molecule has 2 N–H and O–H groups in total. The molecular weight excluding hydrogens is 616 g/mol. The number of hydrogen-bond donors (Lipinski definition) is 2. The number of esters is 2. The Morgan fingerprint density at radius 1 is 0.646 bits per heavy atom. The van der Waals surface area contributed by atoms with Gasteiger partial charge in [-0.1, -0.05) is 19.6 Å². The van der Waals surface area contributed by atoms with Crippen molar-refractivity contribution < 1.29 is 48.2 Å². The summed E-state index contributed by atoms with van der Waals surface area (Å²) < 4.78 is 33.3. The minimum absolute atomic E-state index is 0.0356. The maximum absolute atomic E-state index is 11.0. The van der Waals surface area contributed by atoms with Crippen LogP contribution in [0.4, 0.5) is 0 Å². The van der Waals surface area contributed by atoms with Crippen LogP contribution in [-0.4, -0.2) is 61.0 Å². The lowest BCUT2D eigenvalue weighted by Gasteiger charge is -2.31. The zero-order valence-corrected chi connectivity index (χ0v) is 28.0. The first kappa shape index (κ1) is 38.6. The molecule has 0 amide bonds. The van der Waals surface area contributed by atoms with Crippen molar-refractivity contribution in [1.82, 2.24) is 0 Å². The van der Waals surface area contributed by atoms with Crippen molar-refractivity contribution in [3.05, 3.63) is 79.4 Å². The lowest BCUT2D eigenvalue weighted by Crippen LogP contribution is -2.32. The van der Waals surface area contributed by atoms with Gasteiger partial charge in [0.05, 0.1) is 25.9 Å². The number of hydrogen-bond acceptors (Lipinski definition) is 10. The second-order valence-electron chi connectivity index (χ2n) is 11.8. The van der Waals surface area contributed by atoms with Gasteiger partial charge in [0.1, 0.15) is 17.2 Å². The summed E-state index contributed by atoms with van der Waals surface area (Å²) >= 11 is 0. The fourth-order valence-corrected chi connectivity index (χ4v) is 5.32. The highest BCUT2D eigenvalue weighted by atomic mass is 16.6. The molecule has 0 radical (unpaired) electrons. The Morgan fingerprint density at radius 3 is 1.67 bits per heavy atom. The van der Waals surface area contributed by atoms with E-state index in [1.807, 2.05) is 0 Å². The summed E-state index contributed by atoms with van der Waals surface area (Å²) in [6.07, 6.45) is 11.4. The van der Waals surface area contributed by atoms with E-state index >= 15 is 0 Å². The van der Waals surface area contributed by atoms with E-state index in [0.29, 0.717) is 49.2 Å². The Balaban J connectivity index is 1.26. The van der Waals surface area contributed by atoms with Crippen LogP contribution in [0.15, 0.2) is 73.8 Å².